The molecule has 1 aliphatic heterocycles. The van der Waals surface area contributed by atoms with Crippen molar-refractivity contribution in [2.24, 2.45) is 0 Å². The van der Waals surface area contributed by atoms with Gasteiger partial charge in [-0.05, 0) is 56.4 Å². The van der Waals surface area contributed by atoms with Crippen molar-refractivity contribution in [1.82, 2.24) is 10.6 Å². The molecule has 7 heteroatoms. The molecule has 1 amide bonds. The molecular weight excluding hydrogens is 462 g/mol. The van der Waals surface area contributed by atoms with Gasteiger partial charge in [0.15, 0.2) is 0 Å². The maximum atomic E-state index is 13.4. The van der Waals surface area contributed by atoms with E-state index in [1.54, 1.807) is 25.1 Å². The number of aryl methyl sites for hydroxylation is 1. The third-order valence-corrected chi connectivity index (χ3v) is 6.11. The Morgan fingerprint density at radius 1 is 1.06 bits per heavy atom. The Kier molecular flexibility index (Phi) is 9.51. The van der Waals surface area contributed by atoms with Gasteiger partial charge in [0, 0.05) is 28.5 Å². The smallest absolute Gasteiger partial charge is 0.336 e. The van der Waals surface area contributed by atoms with Crippen molar-refractivity contribution < 1.29 is 14.3 Å². The highest BCUT2D eigenvalue weighted by molar-refractivity contribution is 6.30. The number of unbranched alkanes of at least 4 members (excludes halogenated alkanes) is 1. The number of carbonyl (C=O) groups excluding carboxylic acids is 2. The molecule has 2 aromatic rings. The standard InChI is InChI=1S/C28H30ClN3O3/c1-19-24(27(33)31-16-7-6-12-21-10-4-3-5-11-21)26(22-13-8-14-23(29)18-22)25(20(2)32-19)28(34)35-17-9-15-30/h3-5,8,10-11,13-14,18,26,32H,6-7,9,12,16-17H2,1-2H3,(H,31,33). The van der Waals surface area contributed by atoms with Gasteiger partial charge in [-0.2, -0.15) is 5.26 Å². The first-order chi connectivity index (χ1) is 16.9. The van der Waals surface area contributed by atoms with Gasteiger partial charge in [0.1, 0.15) is 6.61 Å². The van der Waals surface area contributed by atoms with Crippen LogP contribution in [0.2, 0.25) is 5.02 Å². The molecule has 1 unspecified atom stereocenters. The van der Waals surface area contributed by atoms with Gasteiger partial charge in [0.2, 0.25) is 5.91 Å². The average molecular weight is 492 g/mol. The fraction of sp³-hybridized carbons (Fsp3) is 0.321. The summed E-state index contributed by atoms with van der Waals surface area (Å²) in [7, 11) is 0. The highest BCUT2D eigenvalue weighted by atomic mass is 35.5. The summed E-state index contributed by atoms with van der Waals surface area (Å²) in [6.45, 7) is 4.11. The van der Waals surface area contributed by atoms with Crippen molar-refractivity contribution in [2.45, 2.75) is 45.4 Å². The van der Waals surface area contributed by atoms with Crippen LogP contribution < -0.4 is 10.6 Å². The van der Waals surface area contributed by atoms with E-state index in [1.807, 2.05) is 37.3 Å². The van der Waals surface area contributed by atoms with Gasteiger partial charge in [-0.3, -0.25) is 4.79 Å². The number of amides is 1. The summed E-state index contributed by atoms with van der Waals surface area (Å²) >= 11 is 6.26. The Morgan fingerprint density at radius 2 is 1.80 bits per heavy atom. The minimum absolute atomic E-state index is 0.0139. The summed E-state index contributed by atoms with van der Waals surface area (Å²) in [5.74, 6) is -1.45. The van der Waals surface area contributed by atoms with E-state index in [2.05, 4.69) is 22.8 Å². The minimum atomic E-state index is -0.645. The molecule has 6 nitrogen and oxygen atoms in total. The second-order valence-corrected chi connectivity index (χ2v) is 8.87. The maximum absolute atomic E-state index is 13.4. The zero-order valence-electron chi connectivity index (χ0n) is 20.1. The average Bonchev–Trinajstić information content (AvgIpc) is 2.84. The highest BCUT2D eigenvalue weighted by Crippen LogP contribution is 2.39. The summed E-state index contributed by atoms with van der Waals surface area (Å²) in [6.07, 6.45) is 2.83. The predicted molar refractivity (Wildman–Crippen MR) is 136 cm³/mol. The molecule has 1 atom stereocenters. The fourth-order valence-corrected chi connectivity index (χ4v) is 4.45. The zero-order valence-corrected chi connectivity index (χ0v) is 20.8. The maximum Gasteiger partial charge on any atom is 0.336 e. The number of nitriles is 1. The molecule has 0 aliphatic carbocycles. The van der Waals surface area contributed by atoms with Crippen LogP contribution in [0.3, 0.4) is 0 Å². The lowest BCUT2D eigenvalue weighted by atomic mass is 9.80. The highest BCUT2D eigenvalue weighted by Gasteiger charge is 2.37. The third-order valence-electron chi connectivity index (χ3n) is 5.87. The number of carbonyl (C=O) groups is 2. The second kappa shape index (κ2) is 12.8. The van der Waals surface area contributed by atoms with E-state index in [-0.39, 0.29) is 18.9 Å². The van der Waals surface area contributed by atoms with Crippen molar-refractivity contribution in [2.75, 3.05) is 13.2 Å². The molecule has 0 saturated carbocycles. The molecule has 0 radical (unpaired) electrons. The Bertz CT molecular complexity index is 1170. The first kappa shape index (κ1) is 26.1. The minimum Gasteiger partial charge on any atom is -0.461 e. The monoisotopic (exact) mass is 491 g/mol. The zero-order chi connectivity index (χ0) is 25.2. The molecule has 35 heavy (non-hydrogen) atoms. The molecule has 1 aliphatic rings. The van der Waals surface area contributed by atoms with Crippen LogP contribution in [-0.4, -0.2) is 25.0 Å². The fourth-order valence-electron chi connectivity index (χ4n) is 4.25. The summed E-state index contributed by atoms with van der Waals surface area (Å²) in [6, 6.07) is 19.4. The number of nitrogens with zero attached hydrogens (tertiary/aromatic N) is 1. The largest absolute Gasteiger partial charge is 0.461 e. The van der Waals surface area contributed by atoms with Crippen LogP contribution in [0.1, 0.15) is 50.2 Å². The number of hydrogen-bond donors (Lipinski definition) is 2. The van der Waals surface area contributed by atoms with Gasteiger partial charge in [0.25, 0.3) is 0 Å². The number of halogens is 1. The molecular formula is C28H30ClN3O3. The quantitative estimate of drug-likeness (QED) is 0.353. The third kappa shape index (κ3) is 6.97. The lowest BCUT2D eigenvalue weighted by Crippen LogP contribution is -2.37. The van der Waals surface area contributed by atoms with Crippen LogP contribution >= 0.6 is 11.6 Å². The molecule has 1 heterocycles. The topological polar surface area (TPSA) is 91.2 Å². The summed E-state index contributed by atoms with van der Waals surface area (Å²) in [4.78, 5) is 26.4. The van der Waals surface area contributed by atoms with Crippen molar-refractivity contribution in [3.8, 4) is 6.07 Å². The number of allylic oxidation sites excluding steroid dienone is 2. The van der Waals surface area contributed by atoms with Gasteiger partial charge in [-0.15, -0.1) is 0 Å². The lowest BCUT2D eigenvalue weighted by Gasteiger charge is -2.31. The summed E-state index contributed by atoms with van der Waals surface area (Å²) < 4.78 is 5.35. The normalized spacial score (nSPS) is 15.3. The van der Waals surface area contributed by atoms with E-state index in [0.717, 1.165) is 24.8 Å². The van der Waals surface area contributed by atoms with E-state index < -0.39 is 11.9 Å². The van der Waals surface area contributed by atoms with Crippen molar-refractivity contribution in [3.63, 3.8) is 0 Å². The van der Waals surface area contributed by atoms with Crippen molar-refractivity contribution in [1.29, 1.82) is 5.26 Å². The predicted octanol–water partition coefficient (Wildman–Crippen LogP) is 5.17. The Hall–Kier alpha value is -3.56. The van der Waals surface area contributed by atoms with Crippen LogP contribution in [-0.2, 0) is 20.7 Å². The first-order valence-corrected chi connectivity index (χ1v) is 12.1. The van der Waals surface area contributed by atoms with Crippen LogP contribution in [0, 0.1) is 11.3 Å². The molecule has 3 rings (SSSR count). The second-order valence-electron chi connectivity index (χ2n) is 8.43. The van der Waals surface area contributed by atoms with E-state index in [4.69, 9.17) is 21.6 Å². The molecule has 0 bridgehead atoms. The Balaban J connectivity index is 1.78. The molecule has 0 fully saturated rings. The SMILES string of the molecule is CC1=C(C(=O)NCCCCc2ccccc2)C(c2cccc(Cl)c2)C(C(=O)OCCC#N)=C(C)N1. The van der Waals surface area contributed by atoms with Gasteiger partial charge < -0.3 is 15.4 Å². The van der Waals surface area contributed by atoms with E-state index in [9.17, 15) is 9.59 Å². The van der Waals surface area contributed by atoms with E-state index in [1.165, 1.54) is 5.56 Å². The molecule has 0 aromatic heterocycles. The number of esters is 1. The van der Waals surface area contributed by atoms with E-state index >= 15 is 0 Å². The lowest BCUT2D eigenvalue weighted by molar-refractivity contribution is -0.139. The number of hydrogen-bond acceptors (Lipinski definition) is 5. The summed E-state index contributed by atoms with van der Waals surface area (Å²) in [5.41, 5.74) is 4.06. The van der Waals surface area contributed by atoms with Gasteiger partial charge in [-0.25, -0.2) is 4.79 Å². The van der Waals surface area contributed by atoms with Crippen LogP contribution in [0.25, 0.3) is 0 Å². The first-order valence-electron chi connectivity index (χ1n) is 11.7. The Morgan fingerprint density at radius 3 is 2.51 bits per heavy atom. The van der Waals surface area contributed by atoms with Crippen LogP contribution in [0.4, 0.5) is 0 Å². The Labute approximate surface area is 211 Å². The van der Waals surface area contributed by atoms with Crippen molar-refractivity contribution in [3.05, 3.63) is 93.3 Å². The van der Waals surface area contributed by atoms with Crippen LogP contribution in [0.5, 0.6) is 0 Å². The van der Waals surface area contributed by atoms with Gasteiger partial charge >= 0.3 is 5.97 Å². The molecule has 0 saturated heterocycles. The van der Waals surface area contributed by atoms with Gasteiger partial charge in [-0.1, -0.05) is 54.1 Å². The molecule has 2 aromatic carbocycles. The number of ether oxygens (including phenoxy) is 1. The van der Waals surface area contributed by atoms with E-state index in [0.29, 0.717) is 34.1 Å². The molecule has 182 valence electrons. The van der Waals surface area contributed by atoms with Crippen LogP contribution in [0.15, 0.2) is 77.1 Å². The number of dihydropyridines is 1. The molecule has 2 N–H and O–H groups in total. The number of benzene rings is 2. The number of rotatable bonds is 10. The molecule has 0 spiro atoms. The number of nitrogens with one attached hydrogen (secondary N) is 2. The summed E-state index contributed by atoms with van der Waals surface area (Å²) in [5, 5.41) is 15.5. The van der Waals surface area contributed by atoms with Gasteiger partial charge in [0.05, 0.1) is 24.0 Å². The van der Waals surface area contributed by atoms with Crippen molar-refractivity contribution >= 4 is 23.5 Å².